The number of amides is 2. The number of alkyl halides is 3. The highest BCUT2D eigenvalue weighted by atomic mass is 19.4. The molecule has 0 aliphatic carbocycles. The quantitative estimate of drug-likeness (QED) is 0.910. The molecule has 0 saturated heterocycles. The van der Waals surface area contributed by atoms with Gasteiger partial charge in [0.25, 0.3) is 0 Å². The number of carbonyl (C=O) groups is 1. The van der Waals surface area contributed by atoms with E-state index < -0.39 is 11.7 Å². The fourth-order valence-corrected chi connectivity index (χ4v) is 2.39. The Kier molecular flexibility index (Phi) is 4.04. The number of halogens is 3. The largest absolute Gasteiger partial charge is 0.457 e. The van der Waals surface area contributed by atoms with Gasteiger partial charge in [-0.2, -0.15) is 13.2 Å². The molecule has 1 aliphatic heterocycles. The standard InChI is InChI=1S/C16H14F3N3O2/c1-2-22-9-12-13(6-7-20-14(12)21-15(22)23)24-11-5-3-4-10(8-11)16(17,18)19/h3-8H,2,9H2,1H3,(H,20,21,23). The zero-order valence-electron chi connectivity index (χ0n) is 12.7. The van der Waals surface area contributed by atoms with Gasteiger partial charge >= 0.3 is 12.2 Å². The molecule has 1 N–H and O–H groups in total. The average molecular weight is 337 g/mol. The number of pyridine rings is 1. The first-order valence-corrected chi connectivity index (χ1v) is 7.27. The van der Waals surface area contributed by atoms with Crippen LogP contribution in [0, 0.1) is 0 Å². The Bertz CT molecular complexity index is 777. The first-order valence-electron chi connectivity index (χ1n) is 7.27. The molecule has 126 valence electrons. The number of nitrogens with one attached hydrogen (secondary N) is 1. The van der Waals surface area contributed by atoms with Gasteiger partial charge in [0.05, 0.1) is 17.7 Å². The molecule has 0 saturated carbocycles. The highest BCUT2D eigenvalue weighted by Crippen LogP contribution is 2.35. The molecule has 0 radical (unpaired) electrons. The van der Waals surface area contributed by atoms with Crippen molar-refractivity contribution in [1.29, 1.82) is 0 Å². The fourth-order valence-electron chi connectivity index (χ4n) is 2.39. The molecule has 0 fully saturated rings. The van der Waals surface area contributed by atoms with Crippen LogP contribution in [0.4, 0.5) is 23.8 Å². The van der Waals surface area contributed by atoms with Crippen molar-refractivity contribution in [2.24, 2.45) is 0 Å². The molecule has 0 bridgehead atoms. The molecule has 8 heteroatoms. The van der Waals surface area contributed by atoms with Crippen LogP contribution in [-0.4, -0.2) is 22.5 Å². The summed E-state index contributed by atoms with van der Waals surface area (Å²) in [5.74, 6) is 0.783. The lowest BCUT2D eigenvalue weighted by Crippen LogP contribution is -2.38. The summed E-state index contributed by atoms with van der Waals surface area (Å²) >= 11 is 0. The Morgan fingerprint density at radius 2 is 2.12 bits per heavy atom. The number of aromatic nitrogens is 1. The third-order valence-electron chi connectivity index (χ3n) is 3.65. The highest BCUT2D eigenvalue weighted by molar-refractivity contribution is 5.91. The van der Waals surface area contributed by atoms with Crippen molar-refractivity contribution >= 4 is 11.8 Å². The van der Waals surface area contributed by atoms with Gasteiger partial charge < -0.3 is 9.64 Å². The summed E-state index contributed by atoms with van der Waals surface area (Å²) in [7, 11) is 0. The van der Waals surface area contributed by atoms with Crippen molar-refractivity contribution in [3.05, 3.63) is 47.7 Å². The van der Waals surface area contributed by atoms with Gasteiger partial charge in [-0.1, -0.05) is 6.07 Å². The lowest BCUT2D eigenvalue weighted by molar-refractivity contribution is -0.137. The van der Waals surface area contributed by atoms with Crippen molar-refractivity contribution in [2.45, 2.75) is 19.6 Å². The number of rotatable bonds is 3. The van der Waals surface area contributed by atoms with Crippen molar-refractivity contribution < 1.29 is 22.7 Å². The Labute approximate surface area is 136 Å². The van der Waals surface area contributed by atoms with Gasteiger partial charge in [-0.25, -0.2) is 9.78 Å². The van der Waals surface area contributed by atoms with E-state index in [1.807, 2.05) is 6.92 Å². The molecule has 24 heavy (non-hydrogen) atoms. The van der Waals surface area contributed by atoms with Gasteiger partial charge in [0.15, 0.2) is 0 Å². The number of anilines is 1. The number of fused-ring (bicyclic) bond motifs is 1. The monoisotopic (exact) mass is 337 g/mol. The van der Waals surface area contributed by atoms with E-state index in [1.165, 1.54) is 18.3 Å². The summed E-state index contributed by atoms with van der Waals surface area (Å²) in [4.78, 5) is 17.4. The molecule has 1 aromatic carbocycles. The van der Waals surface area contributed by atoms with Gasteiger partial charge in [0.2, 0.25) is 0 Å². The van der Waals surface area contributed by atoms with Crippen LogP contribution in [0.15, 0.2) is 36.5 Å². The molecule has 3 rings (SSSR count). The number of carbonyl (C=O) groups excluding carboxylic acids is 1. The molecular weight excluding hydrogens is 323 g/mol. The molecule has 1 aromatic heterocycles. The van der Waals surface area contributed by atoms with Crippen LogP contribution >= 0.6 is 0 Å². The third-order valence-corrected chi connectivity index (χ3v) is 3.65. The summed E-state index contributed by atoms with van der Waals surface area (Å²) in [6, 6.07) is 5.94. The van der Waals surface area contributed by atoms with Crippen LogP contribution in [0.25, 0.3) is 0 Å². The number of nitrogens with zero attached hydrogens (tertiary/aromatic N) is 2. The second kappa shape index (κ2) is 6.03. The Hall–Kier alpha value is -2.77. The van der Waals surface area contributed by atoms with E-state index in [4.69, 9.17) is 4.74 Å². The van der Waals surface area contributed by atoms with Crippen molar-refractivity contribution in [3.63, 3.8) is 0 Å². The van der Waals surface area contributed by atoms with Crippen LogP contribution in [0.5, 0.6) is 11.5 Å². The summed E-state index contributed by atoms with van der Waals surface area (Å²) in [6.45, 7) is 2.59. The lowest BCUT2D eigenvalue weighted by atomic mass is 10.1. The Morgan fingerprint density at radius 1 is 1.33 bits per heavy atom. The van der Waals surface area contributed by atoms with Gasteiger partial charge in [-0.15, -0.1) is 0 Å². The summed E-state index contributed by atoms with van der Waals surface area (Å²) in [5.41, 5.74) is -0.164. The normalized spacial score (nSPS) is 14.2. The minimum atomic E-state index is -4.44. The van der Waals surface area contributed by atoms with Gasteiger partial charge in [0, 0.05) is 12.7 Å². The van der Waals surface area contributed by atoms with Crippen molar-refractivity contribution in [1.82, 2.24) is 9.88 Å². The van der Waals surface area contributed by atoms with Crippen LogP contribution in [-0.2, 0) is 12.7 Å². The van der Waals surface area contributed by atoms with E-state index in [9.17, 15) is 18.0 Å². The molecule has 0 unspecified atom stereocenters. The number of hydrogen-bond acceptors (Lipinski definition) is 3. The molecule has 2 amide bonds. The van der Waals surface area contributed by atoms with Gasteiger partial charge in [-0.05, 0) is 31.2 Å². The number of urea groups is 1. The van der Waals surface area contributed by atoms with Crippen molar-refractivity contribution in [2.75, 3.05) is 11.9 Å². The average Bonchev–Trinajstić information content (AvgIpc) is 2.54. The number of hydrogen-bond donors (Lipinski definition) is 1. The van der Waals surface area contributed by atoms with E-state index in [0.717, 1.165) is 12.1 Å². The van der Waals surface area contributed by atoms with Gasteiger partial charge in [0.1, 0.15) is 17.3 Å². The highest BCUT2D eigenvalue weighted by Gasteiger charge is 2.31. The second-order valence-corrected chi connectivity index (χ2v) is 5.21. The van der Waals surface area contributed by atoms with Crippen LogP contribution in [0.3, 0.4) is 0 Å². The lowest BCUT2D eigenvalue weighted by Gasteiger charge is -2.28. The van der Waals surface area contributed by atoms with E-state index in [0.29, 0.717) is 23.7 Å². The van der Waals surface area contributed by atoms with E-state index in [2.05, 4.69) is 10.3 Å². The summed E-state index contributed by atoms with van der Waals surface area (Å²) in [5, 5.41) is 2.64. The fraction of sp³-hybridized carbons (Fsp3) is 0.250. The molecule has 2 heterocycles. The molecule has 0 atom stereocenters. The zero-order chi connectivity index (χ0) is 17.3. The number of ether oxygens (including phenoxy) is 1. The molecule has 1 aliphatic rings. The molecule has 5 nitrogen and oxygen atoms in total. The summed E-state index contributed by atoms with van der Waals surface area (Å²) < 4.78 is 44.0. The predicted molar refractivity (Wildman–Crippen MR) is 80.9 cm³/mol. The Balaban J connectivity index is 1.92. The molecule has 2 aromatic rings. The van der Waals surface area contributed by atoms with Crippen LogP contribution < -0.4 is 10.1 Å². The maximum Gasteiger partial charge on any atom is 0.416 e. The maximum atomic E-state index is 12.8. The summed E-state index contributed by atoms with van der Waals surface area (Å²) in [6.07, 6.45) is -3.01. The van der Waals surface area contributed by atoms with E-state index in [1.54, 1.807) is 11.0 Å². The minimum Gasteiger partial charge on any atom is -0.457 e. The second-order valence-electron chi connectivity index (χ2n) is 5.21. The predicted octanol–water partition coefficient (Wildman–Crippen LogP) is 4.26. The van der Waals surface area contributed by atoms with Crippen molar-refractivity contribution in [3.8, 4) is 11.5 Å². The van der Waals surface area contributed by atoms with Gasteiger partial charge in [-0.3, -0.25) is 5.32 Å². The smallest absolute Gasteiger partial charge is 0.416 e. The first-order chi connectivity index (χ1) is 11.4. The molecular formula is C16H14F3N3O2. The van der Waals surface area contributed by atoms with Crippen LogP contribution in [0.2, 0.25) is 0 Å². The Morgan fingerprint density at radius 3 is 2.83 bits per heavy atom. The van der Waals surface area contributed by atoms with E-state index in [-0.39, 0.29) is 18.3 Å². The minimum absolute atomic E-state index is 0.0678. The molecule has 0 spiro atoms. The van der Waals surface area contributed by atoms with E-state index >= 15 is 0 Å². The SMILES string of the molecule is CCN1Cc2c(Oc3cccc(C(F)(F)F)c3)ccnc2NC1=O. The first kappa shape index (κ1) is 16.1. The number of benzene rings is 1. The maximum absolute atomic E-state index is 12.8. The topological polar surface area (TPSA) is 54.5 Å². The zero-order valence-corrected chi connectivity index (χ0v) is 12.7. The van der Waals surface area contributed by atoms with Crippen LogP contribution in [0.1, 0.15) is 18.1 Å². The third kappa shape index (κ3) is 3.12.